The quantitative estimate of drug-likeness (QED) is 0.325. The summed E-state index contributed by atoms with van der Waals surface area (Å²) in [6.07, 6.45) is 2.09. The Morgan fingerprint density at radius 1 is 1.16 bits per heavy atom. The molecule has 0 fully saturated rings. The third-order valence-electron chi connectivity index (χ3n) is 5.15. The lowest BCUT2D eigenvalue weighted by Gasteiger charge is -2.14. The summed E-state index contributed by atoms with van der Waals surface area (Å²) in [6, 6.07) is 9.92. The second-order valence-electron chi connectivity index (χ2n) is 8.69. The van der Waals surface area contributed by atoms with Crippen molar-refractivity contribution in [2.75, 3.05) is 5.32 Å². The first-order valence-corrected chi connectivity index (χ1v) is 11.7. The molecule has 0 saturated carbocycles. The lowest BCUT2D eigenvalue weighted by molar-refractivity contribution is -0.115. The van der Waals surface area contributed by atoms with Crippen LogP contribution >= 0.6 is 34.5 Å². The predicted molar refractivity (Wildman–Crippen MR) is 131 cm³/mol. The van der Waals surface area contributed by atoms with Gasteiger partial charge >= 0.3 is 0 Å². The van der Waals surface area contributed by atoms with Gasteiger partial charge in [0.2, 0.25) is 5.91 Å². The number of aromatic nitrogens is 2. The van der Waals surface area contributed by atoms with E-state index in [1.807, 2.05) is 28.3 Å². The SMILES string of the molecule is CC(C)(C)c1csc(NC(=O)Cc2cn(Cc3ccc(F)cc3Cl)c3ccc(Cl)cc23)n1. The van der Waals surface area contributed by atoms with E-state index in [1.165, 1.54) is 23.5 Å². The van der Waals surface area contributed by atoms with Crippen LogP contribution in [0.5, 0.6) is 0 Å². The van der Waals surface area contributed by atoms with Crippen molar-refractivity contribution in [3.05, 3.63) is 80.7 Å². The van der Waals surface area contributed by atoms with Gasteiger partial charge < -0.3 is 9.88 Å². The van der Waals surface area contributed by atoms with Crippen molar-refractivity contribution in [1.82, 2.24) is 9.55 Å². The van der Waals surface area contributed by atoms with Crippen molar-refractivity contribution in [3.8, 4) is 0 Å². The Kier molecular flexibility index (Phi) is 6.30. The van der Waals surface area contributed by atoms with Crippen LogP contribution in [0, 0.1) is 5.82 Å². The standard InChI is InChI=1S/C24H22Cl2FN3OS/c1-24(2,3)21-13-32-23(28-21)29-22(31)8-15-12-30(20-7-5-16(25)9-18(15)20)11-14-4-6-17(27)10-19(14)26/h4-7,9-10,12-13H,8,11H2,1-3H3,(H,28,29,31). The van der Waals surface area contributed by atoms with Crippen LogP contribution < -0.4 is 5.32 Å². The number of benzene rings is 2. The molecule has 32 heavy (non-hydrogen) atoms. The Labute approximate surface area is 200 Å². The van der Waals surface area contributed by atoms with Gasteiger partial charge in [-0.05, 0) is 41.5 Å². The Morgan fingerprint density at radius 2 is 1.94 bits per heavy atom. The molecule has 0 aliphatic carbocycles. The molecule has 0 bridgehead atoms. The number of fused-ring (bicyclic) bond motifs is 1. The number of nitrogens with one attached hydrogen (secondary N) is 1. The number of nitrogens with zero attached hydrogens (tertiary/aromatic N) is 2. The molecule has 2 heterocycles. The molecule has 0 aliphatic rings. The van der Waals surface area contributed by atoms with Crippen LogP contribution in [-0.4, -0.2) is 15.5 Å². The summed E-state index contributed by atoms with van der Waals surface area (Å²) < 4.78 is 15.4. The average Bonchev–Trinajstić information content (AvgIpc) is 3.29. The maximum Gasteiger partial charge on any atom is 0.230 e. The van der Waals surface area contributed by atoms with E-state index >= 15 is 0 Å². The zero-order chi connectivity index (χ0) is 23.0. The molecule has 1 N–H and O–H groups in total. The summed E-state index contributed by atoms with van der Waals surface area (Å²) in [5.74, 6) is -0.532. The summed E-state index contributed by atoms with van der Waals surface area (Å²) in [7, 11) is 0. The molecule has 2 aromatic heterocycles. The van der Waals surface area contributed by atoms with Crippen LogP contribution in [0.2, 0.25) is 10.0 Å². The molecular formula is C24H22Cl2FN3OS. The molecule has 1 amide bonds. The second-order valence-corrected chi connectivity index (χ2v) is 10.4. The van der Waals surface area contributed by atoms with E-state index in [9.17, 15) is 9.18 Å². The Balaban J connectivity index is 1.60. The number of hydrogen-bond acceptors (Lipinski definition) is 3. The summed E-state index contributed by atoms with van der Waals surface area (Å²) in [5.41, 5.74) is 3.41. The monoisotopic (exact) mass is 489 g/mol. The zero-order valence-electron chi connectivity index (χ0n) is 17.9. The van der Waals surface area contributed by atoms with Crippen LogP contribution in [0.4, 0.5) is 9.52 Å². The van der Waals surface area contributed by atoms with Gasteiger partial charge in [0.1, 0.15) is 5.82 Å². The minimum atomic E-state index is -0.378. The predicted octanol–water partition coefficient (Wildman–Crippen LogP) is 7.07. The molecule has 0 spiro atoms. The number of hydrogen-bond donors (Lipinski definition) is 1. The first kappa shape index (κ1) is 22.8. The molecule has 2 aromatic carbocycles. The second kappa shape index (κ2) is 8.85. The normalized spacial score (nSPS) is 11.8. The lowest BCUT2D eigenvalue weighted by Crippen LogP contribution is -2.15. The minimum absolute atomic E-state index is 0.0781. The molecular weight excluding hydrogens is 468 g/mol. The lowest BCUT2D eigenvalue weighted by atomic mass is 9.93. The average molecular weight is 490 g/mol. The van der Waals surface area contributed by atoms with Gasteiger partial charge in [0, 0.05) is 44.5 Å². The first-order valence-electron chi connectivity index (χ1n) is 10.1. The maximum atomic E-state index is 13.4. The number of anilines is 1. The van der Waals surface area contributed by atoms with Gasteiger partial charge in [-0.3, -0.25) is 4.79 Å². The molecule has 4 nitrogen and oxygen atoms in total. The highest BCUT2D eigenvalue weighted by Gasteiger charge is 2.19. The molecule has 8 heteroatoms. The fourth-order valence-corrected chi connectivity index (χ4v) is 4.81. The van der Waals surface area contributed by atoms with Crippen molar-refractivity contribution in [2.45, 2.75) is 39.2 Å². The van der Waals surface area contributed by atoms with Gasteiger partial charge in [-0.2, -0.15) is 0 Å². The Morgan fingerprint density at radius 3 is 2.62 bits per heavy atom. The highest BCUT2D eigenvalue weighted by atomic mass is 35.5. The largest absolute Gasteiger partial charge is 0.343 e. The smallest absolute Gasteiger partial charge is 0.230 e. The fourth-order valence-electron chi connectivity index (χ4n) is 3.46. The van der Waals surface area contributed by atoms with E-state index in [0.29, 0.717) is 21.7 Å². The number of amides is 1. The maximum absolute atomic E-state index is 13.4. The fraction of sp³-hybridized carbons (Fsp3) is 0.250. The van der Waals surface area contributed by atoms with E-state index in [4.69, 9.17) is 23.2 Å². The Bertz CT molecular complexity index is 1310. The van der Waals surface area contributed by atoms with Crippen molar-refractivity contribution >= 4 is 56.5 Å². The summed E-state index contributed by atoms with van der Waals surface area (Å²) in [4.78, 5) is 17.3. The van der Waals surface area contributed by atoms with Gasteiger partial charge in [0.15, 0.2) is 5.13 Å². The minimum Gasteiger partial charge on any atom is -0.343 e. The first-order chi connectivity index (χ1) is 15.1. The number of carbonyl (C=O) groups excluding carboxylic acids is 1. The highest BCUT2D eigenvalue weighted by molar-refractivity contribution is 7.13. The van der Waals surface area contributed by atoms with Gasteiger partial charge in [-0.15, -0.1) is 11.3 Å². The van der Waals surface area contributed by atoms with E-state index in [1.54, 1.807) is 12.1 Å². The van der Waals surface area contributed by atoms with Gasteiger partial charge in [0.25, 0.3) is 0 Å². The highest BCUT2D eigenvalue weighted by Crippen LogP contribution is 2.29. The van der Waals surface area contributed by atoms with Gasteiger partial charge in [0.05, 0.1) is 12.1 Å². The molecule has 0 atom stereocenters. The number of halogens is 3. The van der Waals surface area contributed by atoms with Crippen molar-refractivity contribution < 1.29 is 9.18 Å². The van der Waals surface area contributed by atoms with Gasteiger partial charge in [-0.1, -0.05) is 50.0 Å². The number of carbonyl (C=O) groups is 1. The topological polar surface area (TPSA) is 46.9 Å². The van der Waals surface area contributed by atoms with Crippen LogP contribution in [0.3, 0.4) is 0 Å². The van der Waals surface area contributed by atoms with Crippen molar-refractivity contribution in [2.24, 2.45) is 0 Å². The zero-order valence-corrected chi connectivity index (χ0v) is 20.2. The molecule has 166 valence electrons. The third kappa shape index (κ3) is 4.98. The molecule has 0 saturated heterocycles. The molecule has 0 radical (unpaired) electrons. The number of thiazole rings is 1. The van der Waals surface area contributed by atoms with E-state index < -0.39 is 0 Å². The summed E-state index contributed by atoms with van der Waals surface area (Å²) >= 11 is 13.9. The van der Waals surface area contributed by atoms with E-state index in [-0.39, 0.29) is 23.6 Å². The van der Waals surface area contributed by atoms with Crippen molar-refractivity contribution in [3.63, 3.8) is 0 Å². The number of rotatable bonds is 5. The molecule has 4 aromatic rings. The van der Waals surface area contributed by atoms with Crippen molar-refractivity contribution in [1.29, 1.82) is 0 Å². The summed E-state index contributed by atoms with van der Waals surface area (Å²) in [6.45, 7) is 6.69. The van der Waals surface area contributed by atoms with Gasteiger partial charge in [-0.25, -0.2) is 9.37 Å². The molecule has 0 unspecified atom stereocenters. The third-order valence-corrected chi connectivity index (χ3v) is 6.50. The van der Waals surface area contributed by atoms with Crippen LogP contribution in [-0.2, 0) is 23.2 Å². The van der Waals surface area contributed by atoms with Crippen LogP contribution in [0.25, 0.3) is 10.9 Å². The van der Waals surface area contributed by atoms with Crippen LogP contribution in [0.1, 0.15) is 37.6 Å². The molecule has 4 rings (SSSR count). The molecule has 0 aliphatic heterocycles. The Hall–Kier alpha value is -2.41. The van der Waals surface area contributed by atoms with Crippen LogP contribution in [0.15, 0.2) is 48.0 Å². The van der Waals surface area contributed by atoms with E-state index in [0.717, 1.165) is 27.7 Å². The van der Waals surface area contributed by atoms with E-state index in [2.05, 4.69) is 31.1 Å². The summed E-state index contributed by atoms with van der Waals surface area (Å²) in [5, 5.41) is 7.29.